The lowest BCUT2D eigenvalue weighted by Crippen LogP contribution is -2.34. The highest BCUT2D eigenvalue weighted by Gasteiger charge is 2.27. The van der Waals surface area contributed by atoms with Gasteiger partial charge in [-0.1, -0.05) is 32.0 Å². The topological polar surface area (TPSA) is 88.4 Å². The first kappa shape index (κ1) is 21.9. The van der Waals surface area contributed by atoms with Crippen LogP contribution in [0.4, 0.5) is 5.69 Å². The van der Waals surface area contributed by atoms with Gasteiger partial charge in [-0.3, -0.25) is 24.8 Å². The average molecular weight is 411 g/mol. The van der Waals surface area contributed by atoms with Gasteiger partial charge in [0.2, 0.25) is 0 Å². The molecule has 3 rings (SSSR count). The van der Waals surface area contributed by atoms with Crippen LogP contribution in [0.15, 0.2) is 36.4 Å². The SMILES string of the molecule is Cc1ccc(C(=O)NCC(C)C)c(C2CCN(Cc3ccccc3[N+](=O)[O-])CC2)n1. The van der Waals surface area contributed by atoms with E-state index in [1.165, 1.54) is 0 Å². The molecule has 7 heteroatoms. The quantitative estimate of drug-likeness (QED) is 0.549. The third kappa shape index (κ3) is 5.42. The number of piperidine rings is 1. The Bertz CT molecular complexity index is 905. The van der Waals surface area contributed by atoms with Gasteiger partial charge in [0.25, 0.3) is 11.6 Å². The number of rotatable bonds is 7. The molecule has 160 valence electrons. The number of hydrogen-bond donors (Lipinski definition) is 1. The van der Waals surface area contributed by atoms with Crippen molar-refractivity contribution < 1.29 is 9.72 Å². The van der Waals surface area contributed by atoms with Gasteiger partial charge < -0.3 is 5.32 Å². The Balaban J connectivity index is 1.68. The molecule has 7 nitrogen and oxygen atoms in total. The highest BCUT2D eigenvalue weighted by molar-refractivity contribution is 5.95. The molecule has 0 spiro atoms. The third-order valence-electron chi connectivity index (χ3n) is 5.54. The van der Waals surface area contributed by atoms with Crippen LogP contribution in [-0.4, -0.2) is 40.3 Å². The first-order valence-corrected chi connectivity index (χ1v) is 10.6. The molecular weight excluding hydrogens is 380 g/mol. The summed E-state index contributed by atoms with van der Waals surface area (Å²) in [7, 11) is 0. The van der Waals surface area contributed by atoms with Crippen molar-refractivity contribution in [1.29, 1.82) is 0 Å². The second-order valence-corrected chi connectivity index (χ2v) is 8.43. The molecule has 2 heterocycles. The minimum Gasteiger partial charge on any atom is -0.352 e. The number of aryl methyl sites for hydroxylation is 1. The van der Waals surface area contributed by atoms with Gasteiger partial charge in [-0.15, -0.1) is 0 Å². The normalized spacial score (nSPS) is 15.3. The summed E-state index contributed by atoms with van der Waals surface area (Å²) in [5.74, 6) is 0.543. The van der Waals surface area contributed by atoms with E-state index < -0.39 is 0 Å². The largest absolute Gasteiger partial charge is 0.352 e. The molecule has 1 aliphatic heterocycles. The van der Waals surface area contributed by atoms with Gasteiger partial charge in [0.1, 0.15) is 0 Å². The minimum absolute atomic E-state index is 0.0615. The predicted octanol–water partition coefficient (Wildman–Crippen LogP) is 4.06. The summed E-state index contributed by atoms with van der Waals surface area (Å²) in [5, 5.41) is 14.3. The molecule has 1 aromatic carbocycles. The van der Waals surface area contributed by atoms with E-state index in [-0.39, 0.29) is 22.4 Å². The van der Waals surface area contributed by atoms with Crippen LogP contribution in [0.2, 0.25) is 0 Å². The summed E-state index contributed by atoms with van der Waals surface area (Å²) in [6.07, 6.45) is 1.75. The molecule has 1 fully saturated rings. The maximum Gasteiger partial charge on any atom is 0.273 e. The van der Waals surface area contributed by atoms with Gasteiger partial charge in [0, 0.05) is 36.3 Å². The second kappa shape index (κ2) is 9.80. The first-order valence-electron chi connectivity index (χ1n) is 10.6. The van der Waals surface area contributed by atoms with Crippen LogP contribution in [0.3, 0.4) is 0 Å². The van der Waals surface area contributed by atoms with Gasteiger partial charge in [-0.25, -0.2) is 0 Å². The number of amides is 1. The summed E-state index contributed by atoms with van der Waals surface area (Å²) < 4.78 is 0. The van der Waals surface area contributed by atoms with E-state index in [2.05, 4.69) is 24.1 Å². The van der Waals surface area contributed by atoms with Crippen molar-refractivity contribution in [3.63, 3.8) is 0 Å². The lowest BCUT2D eigenvalue weighted by atomic mass is 9.89. The van der Waals surface area contributed by atoms with Crippen molar-refractivity contribution in [2.45, 2.75) is 46.1 Å². The monoisotopic (exact) mass is 410 g/mol. The van der Waals surface area contributed by atoms with E-state index in [1.54, 1.807) is 12.1 Å². The zero-order valence-electron chi connectivity index (χ0n) is 17.9. The van der Waals surface area contributed by atoms with Gasteiger partial charge in [0.05, 0.1) is 16.2 Å². The van der Waals surface area contributed by atoms with E-state index in [0.717, 1.165) is 42.9 Å². The van der Waals surface area contributed by atoms with E-state index >= 15 is 0 Å². The fraction of sp³-hybridized carbons (Fsp3) is 0.478. The molecule has 2 aromatic rings. The van der Waals surface area contributed by atoms with Gasteiger partial charge in [0.15, 0.2) is 0 Å². The van der Waals surface area contributed by atoms with Crippen LogP contribution in [0.25, 0.3) is 0 Å². The van der Waals surface area contributed by atoms with Crippen LogP contribution >= 0.6 is 0 Å². The Labute approximate surface area is 177 Å². The number of benzene rings is 1. The van der Waals surface area contributed by atoms with Crippen LogP contribution in [0.1, 0.15) is 59.9 Å². The molecular formula is C23H30N4O3. The van der Waals surface area contributed by atoms with Gasteiger partial charge in [-0.2, -0.15) is 0 Å². The number of likely N-dealkylation sites (tertiary alicyclic amines) is 1. The number of nitro groups is 1. The minimum atomic E-state index is -0.319. The van der Waals surface area contributed by atoms with Crippen molar-refractivity contribution in [2.24, 2.45) is 5.92 Å². The Morgan fingerprint density at radius 1 is 1.23 bits per heavy atom. The summed E-state index contributed by atoms with van der Waals surface area (Å²) in [4.78, 5) is 30.6. The van der Waals surface area contributed by atoms with Crippen molar-refractivity contribution in [1.82, 2.24) is 15.2 Å². The maximum atomic E-state index is 12.7. The van der Waals surface area contributed by atoms with E-state index in [4.69, 9.17) is 4.98 Å². The molecule has 1 amide bonds. The molecule has 1 saturated heterocycles. The molecule has 0 atom stereocenters. The summed E-state index contributed by atoms with van der Waals surface area (Å²) in [6.45, 7) is 8.93. The standard InChI is InChI=1S/C23H30N4O3/c1-16(2)14-24-23(28)20-9-8-17(3)25-22(20)18-10-12-26(13-11-18)15-19-6-4-5-7-21(19)27(29)30/h4-9,16,18H,10-15H2,1-3H3,(H,24,28). The molecule has 1 aromatic heterocycles. The number of nitrogens with zero attached hydrogens (tertiary/aromatic N) is 3. The Morgan fingerprint density at radius 2 is 1.93 bits per heavy atom. The van der Waals surface area contributed by atoms with Crippen LogP contribution < -0.4 is 5.32 Å². The number of carbonyl (C=O) groups excluding carboxylic acids is 1. The van der Waals surface area contributed by atoms with Gasteiger partial charge in [-0.05, 0) is 50.9 Å². The van der Waals surface area contributed by atoms with Crippen LogP contribution in [-0.2, 0) is 6.54 Å². The van der Waals surface area contributed by atoms with Crippen molar-refractivity contribution in [3.05, 3.63) is 69.0 Å². The summed E-state index contributed by atoms with van der Waals surface area (Å²) >= 11 is 0. The Hall–Kier alpha value is -2.80. The summed E-state index contributed by atoms with van der Waals surface area (Å²) in [6, 6.07) is 10.7. The number of nitro benzene ring substituents is 1. The van der Waals surface area contributed by atoms with Crippen LogP contribution in [0.5, 0.6) is 0 Å². The smallest absolute Gasteiger partial charge is 0.273 e. The maximum absolute atomic E-state index is 12.7. The molecule has 1 N–H and O–H groups in total. The Kier molecular flexibility index (Phi) is 7.15. The number of carbonyl (C=O) groups is 1. The third-order valence-corrected chi connectivity index (χ3v) is 5.54. The summed E-state index contributed by atoms with van der Waals surface area (Å²) in [5.41, 5.74) is 3.36. The number of para-hydroxylation sites is 1. The van der Waals surface area contributed by atoms with E-state index in [0.29, 0.717) is 24.6 Å². The highest BCUT2D eigenvalue weighted by atomic mass is 16.6. The number of nitrogens with one attached hydrogen (secondary N) is 1. The van der Waals surface area contributed by atoms with E-state index in [1.807, 2.05) is 31.2 Å². The first-order chi connectivity index (χ1) is 14.3. The lowest BCUT2D eigenvalue weighted by molar-refractivity contribution is -0.385. The number of pyridine rings is 1. The van der Waals surface area contributed by atoms with Gasteiger partial charge >= 0.3 is 0 Å². The Morgan fingerprint density at radius 3 is 2.60 bits per heavy atom. The second-order valence-electron chi connectivity index (χ2n) is 8.43. The van der Waals surface area contributed by atoms with Crippen molar-refractivity contribution >= 4 is 11.6 Å². The molecule has 0 bridgehead atoms. The zero-order valence-corrected chi connectivity index (χ0v) is 17.9. The number of hydrogen-bond acceptors (Lipinski definition) is 5. The fourth-order valence-electron chi connectivity index (χ4n) is 3.90. The van der Waals surface area contributed by atoms with Crippen molar-refractivity contribution in [2.75, 3.05) is 19.6 Å². The molecule has 1 aliphatic rings. The molecule has 30 heavy (non-hydrogen) atoms. The van der Waals surface area contributed by atoms with Crippen molar-refractivity contribution in [3.8, 4) is 0 Å². The zero-order chi connectivity index (χ0) is 21.7. The fourth-order valence-corrected chi connectivity index (χ4v) is 3.90. The highest BCUT2D eigenvalue weighted by Crippen LogP contribution is 2.31. The molecule has 0 unspecified atom stereocenters. The number of aromatic nitrogens is 1. The van der Waals surface area contributed by atoms with Crippen LogP contribution in [0, 0.1) is 23.0 Å². The predicted molar refractivity (Wildman–Crippen MR) is 116 cm³/mol. The molecule has 0 aliphatic carbocycles. The average Bonchev–Trinajstić information content (AvgIpc) is 2.72. The lowest BCUT2D eigenvalue weighted by Gasteiger charge is -2.32. The molecule has 0 saturated carbocycles. The van der Waals surface area contributed by atoms with E-state index in [9.17, 15) is 14.9 Å². The molecule has 0 radical (unpaired) electrons.